The summed E-state index contributed by atoms with van der Waals surface area (Å²) in [6.07, 6.45) is 0.654. The third-order valence-corrected chi connectivity index (χ3v) is 4.82. The number of carbonyl (C=O) groups is 3. The van der Waals surface area contributed by atoms with Gasteiger partial charge in [0, 0.05) is 25.1 Å². The van der Waals surface area contributed by atoms with Gasteiger partial charge < -0.3 is 16.0 Å². The molecule has 1 aromatic rings. The lowest BCUT2D eigenvalue weighted by atomic mass is 10.0. The number of benzene rings is 1. The lowest BCUT2D eigenvalue weighted by molar-refractivity contribution is -0.136. The molecule has 3 rings (SSSR count). The van der Waals surface area contributed by atoms with Gasteiger partial charge in [0.05, 0.1) is 0 Å². The number of carbonyl (C=O) groups excluding carboxylic acids is 3. The van der Waals surface area contributed by atoms with E-state index < -0.39 is 6.04 Å². The molecule has 1 aromatic carbocycles. The number of amides is 3. The van der Waals surface area contributed by atoms with Gasteiger partial charge in [0.15, 0.2) is 0 Å². The molecule has 2 aliphatic heterocycles. The summed E-state index contributed by atoms with van der Waals surface area (Å²) in [5.74, 6) is -0.388. The summed E-state index contributed by atoms with van der Waals surface area (Å²) in [5, 5.41) is 5.66. The first kappa shape index (κ1) is 17.6. The van der Waals surface area contributed by atoms with Crippen molar-refractivity contribution in [3.63, 3.8) is 0 Å². The van der Waals surface area contributed by atoms with Crippen LogP contribution in [0.2, 0.25) is 0 Å². The van der Waals surface area contributed by atoms with E-state index in [9.17, 15) is 14.4 Å². The van der Waals surface area contributed by atoms with Crippen molar-refractivity contribution < 1.29 is 14.4 Å². The maximum absolute atomic E-state index is 12.7. The molecule has 1 saturated heterocycles. The Kier molecular flexibility index (Phi) is 5.15. The Bertz CT molecular complexity index is 704. The lowest BCUT2D eigenvalue weighted by Crippen LogP contribution is -2.52. The molecule has 2 unspecified atom stereocenters. The topological polar surface area (TPSA) is 105 Å². The van der Waals surface area contributed by atoms with E-state index in [2.05, 4.69) is 17.6 Å². The second kappa shape index (κ2) is 7.33. The SMILES string of the molecule is CC(CN)CNCc1ccc2c(c1)C(=O)N(C1CCC(=O)NC1=O)C2. The first-order valence-electron chi connectivity index (χ1n) is 8.67. The van der Waals surface area contributed by atoms with Crippen molar-refractivity contribution in [1.82, 2.24) is 15.5 Å². The van der Waals surface area contributed by atoms with Gasteiger partial charge in [0.25, 0.3) is 5.91 Å². The quantitative estimate of drug-likeness (QED) is 0.637. The van der Waals surface area contributed by atoms with Crippen LogP contribution in [0.15, 0.2) is 18.2 Å². The smallest absolute Gasteiger partial charge is 0.255 e. The predicted molar refractivity (Wildman–Crippen MR) is 92.4 cm³/mol. The summed E-state index contributed by atoms with van der Waals surface area (Å²) in [4.78, 5) is 37.6. The van der Waals surface area contributed by atoms with Crippen molar-refractivity contribution in [1.29, 1.82) is 0 Å². The molecule has 2 aliphatic rings. The number of nitrogens with zero attached hydrogens (tertiary/aromatic N) is 1. The lowest BCUT2D eigenvalue weighted by Gasteiger charge is -2.29. The van der Waals surface area contributed by atoms with Crippen LogP contribution >= 0.6 is 0 Å². The zero-order chi connectivity index (χ0) is 18.0. The number of hydrogen-bond acceptors (Lipinski definition) is 5. The Morgan fingerprint density at radius 2 is 2.16 bits per heavy atom. The number of rotatable bonds is 6. The maximum Gasteiger partial charge on any atom is 0.255 e. The van der Waals surface area contributed by atoms with Crippen molar-refractivity contribution >= 4 is 17.7 Å². The molecule has 0 bridgehead atoms. The Labute approximate surface area is 146 Å². The number of nitrogens with one attached hydrogen (secondary N) is 2. The van der Waals surface area contributed by atoms with Crippen LogP contribution in [-0.4, -0.2) is 41.8 Å². The van der Waals surface area contributed by atoms with Gasteiger partial charge in [-0.15, -0.1) is 0 Å². The maximum atomic E-state index is 12.7. The number of fused-ring (bicyclic) bond motifs is 1. The molecule has 2 heterocycles. The fraction of sp³-hybridized carbons (Fsp3) is 0.500. The van der Waals surface area contributed by atoms with Gasteiger partial charge in [-0.2, -0.15) is 0 Å². The van der Waals surface area contributed by atoms with Gasteiger partial charge in [-0.1, -0.05) is 19.1 Å². The van der Waals surface area contributed by atoms with Gasteiger partial charge in [-0.05, 0) is 42.6 Å². The van der Waals surface area contributed by atoms with E-state index in [0.29, 0.717) is 37.5 Å². The molecule has 7 nitrogen and oxygen atoms in total. The van der Waals surface area contributed by atoms with Crippen LogP contribution in [-0.2, 0) is 22.7 Å². The minimum atomic E-state index is -0.565. The highest BCUT2D eigenvalue weighted by Gasteiger charge is 2.38. The zero-order valence-corrected chi connectivity index (χ0v) is 14.4. The van der Waals surface area contributed by atoms with Crippen LogP contribution < -0.4 is 16.4 Å². The Morgan fingerprint density at radius 1 is 1.36 bits per heavy atom. The molecular formula is C18H24N4O3. The minimum Gasteiger partial charge on any atom is -0.330 e. The summed E-state index contributed by atoms with van der Waals surface area (Å²) in [7, 11) is 0. The minimum absolute atomic E-state index is 0.137. The molecule has 25 heavy (non-hydrogen) atoms. The van der Waals surface area contributed by atoms with Crippen LogP contribution in [0, 0.1) is 5.92 Å². The fourth-order valence-electron chi connectivity index (χ4n) is 3.26. The average Bonchev–Trinajstić information content (AvgIpc) is 2.91. The first-order valence-corrected chi connectivity index (χ1v) is 8.67. The average molecular weight is 344 g/mol. The predicted octanol–water partition coefficient (Wildman–Crippen LogP) is 0.132. The molecule has 4 N–H and O–H groups in total. The largest absolute Gasteiger partial charge is 0.330 e. The Hall–Kier alpha value is -2.25. The molecule has 0 saturated carbocycles. The van der Waals surface area contributed by atoms with Gasteiger partial charge in [-0.3, -0.25) is 19.7 Å². The monoisotopic (exact) mass is 344 g/mol. The normalized spacial score (nSPS) is 21.3. The van der Waals surface area contributed by atoms with Crippen molar-refractivity contribution in [2.45, 2.75) is 38.9 Å². The van der Waals surface area contributed by atoms with Gasteiger partial charge in [0.2, 0.25) is 11.8 Å². The Balaban J connectivity index is 1.67. The van der Waals surface area contributed by atoms with E-state index in [0.717, 1.165) is 17.7 Å². The highest BCUT2D eigenvalue weighted by molar-refractivity contribution is 6.05. The molecule has 0 radical (unpaired) electrons. The van der Waals surface area contributed by atoms with Gasteiger partial charge in [-0.25, -0.2) is 0 Å². The molecule has 1 fully saturated rings. The van der Waals surface area contributed by atoms with Crippen molar-refractivity contribution in [2.24, 2.45) is 11.7 Å². The van der Waals surface area contributed by atoms with Gasteiger partial charge >= 0.3 is 0 Å². The van der Waals surface area contributed by atoms with E-state index in [-0.39, 0.29) is 24.1 Å². The fourth-order valence-corrected chi connectivity index (χ4v) is 3.26. The van der Waals surface area contributed by atoms with E-state index in [4.69, 9.17) is 5.73 Å². The molecule has 7 heteroatoms. The Morgan fingerprint density at radius 3 is 2.88 bits per heavy atom. The second-order valence-electron chi connectivity index (χ2n) is 6.86. The summed E-state index contributed by atoms with van der Waals surface area (Å²) >= 11 is 0. The van der Waals surface area contributed by atoms with E-state index >= 15 is 0 Å². The number of imide groups is 1. The molecule has 0 spiro atoms. The van der Waals surface area contributed by atoms with Crippen LogP contribution in [0.5, 0.6) is 0 Å². The molecule has 134 valence electrons. The van der Waals surface area contributed by atoms with Crippen molar-refractivity contribution in [2.75, 3.05) is 13.1 Å². The molecule has 3 amide bonds. The van der Waals surface area contributed by atoms with Crippen LogP contribution in [0.1, 0.15) is 41.3 Å². The third kappa shape index (κ3) is 3.72. The van der Waals surface area contributed by atoms with E-state index in [1.54, 1.807) is 4.90 Å². The molecule has 2 atom stereocenters. The van der Waals surface area contributed by atoms with Crippen LogP contribution in [0.4, 0.5) is 0 Å². The summed E-state index contributed by atoms with van der Waals surface area (Å²) in [5.41, 5.74) is 8.21. The highest BCUT2D eigenvalue weighted by atomic mass is 16.2. The zero-order valence-electron chi connectivity index (χ0n) is 14.4. The van der Waals surface area contributed by atoms with Crippen molar-refractivity contribution in [3.05, 3.63) is 34.9 Å². The van der Waals surface area contributed by atoms with Crippen LogP contribution in [0.3, 0.4) is 0 Å². The standard InChI is InChI=1S/C18H24N4O3/c1-11(7-19)8-20-9-12-2-3-13-10-22(18(25)14(13)6-12)15-4-5-16(23)21-17(15)24/h2-3,6,11,15,20H,4-5,7-10,19H2,1H3,(H,21,23,24). The summed E-state index contributed by atoms with van der Waals surface area (Å²) < 4.78 is 0. The molecular weight excluding hydrogens is 320 g/mol. The molecule has 0 aromatic heterocycles. The number of hydrogen-bond donors (Lipinski definition) is 3. The summed E-state index contributed by atoms with van der Waals surface area (Å²) in [6, 6.07) is 5.27. The van der Waals surface area contributed by atoms with E-state index in [1.165, 1.54) is 0 Å². The number of nitrogens with two attached hydrogens (primary N) is 1. The van der Waals surface area contributed by atoms with Crippen molar-refractivity contribution in [3.8, 4) is 0 Å². The first-order chi connectivity index (χ1) is 12.0. The van der Waals surface area contributed by atoms with E-state index in [1.807, 2.05) is 18.2 Å². The third-order valence-electron chi connectivity index (χ3n) is 4.82. The van der Waals surface area contributed by atoms with Gasteiger partial charge in [0.1, 0.15) is 6.04 Å². The molecule has 0 aliphatic carbocycles. The van der Waals surface area contributed by atoms with Crippen LogP contribution in [0.25, 0.3) is 0 Å². The second-order valence-corrected chi connectivity index (χ2v) is 6.86. The summed E-state index contributed by atoms with van der Waals surface area (Å²) in [6.45, 7) is 4.62. The number of piperidine rings is 1. The highest BCUT2D eigenvalue weighted by Crippen LogP contribution is 2.28.